The van der Waals surface area contributed by atoms with Gasteiger partial charge in [0.1, 0.15) is 0 Å². The molecule has 4 rings (SSSR count). The zero-order chi connectivity index (χ0) is 17.4. The second-order valence-corrected chi connectivity index (χ2v) is 6.05. The van der Waals surface area contributed by atoms with Gasteiger partial charge in [0.05, 0.1) is 11.4 Å². The third-order valence-electron chi connectivity index (χ3n) is 4.07. The van der Waals surface area contributed by atoms with Gasteiger partial charge < -0.3 is 4.42 Å². The average molecular weight is 331 g/mol. The first kappa shape index (κ1) is 15.3. The fraction of sp³-hybridized carbons (Fsp3) is 0.158. The van der Waals surface area contributed by atoms with E-state index in [1.165, 1.54) is 5.56 Å². The Hall–Kier alpha value is -3.28. The molecule has 0 aliphatic rings. The fourth-order valence-corrected chi connectivity index (χ4v) is 2.66. The van der Waals surface area contributed by atoms with Crippen LogP contribution < -0.4 is 0 Å². The maximum absolute atomic E-state index is 5.81. The van der Waals surface area contributed by atoms with Crippen molar-refractivity contribution in [2.45, 2.75) is 20.8 Å². The topological polar surface area (TPSA) is 69.6 Å². The molecule has 0 amide bonds. The first-order chi connectivity index (χ1) is 12.1. The van der Waals surface area contributed by atoms with Crippen LogP contribution in [0.5, 0.6) is 0 Å². The molecule has 25 heavy (non-hydrogen) atoms. The Morgan fingerprint density at radius 2 is 1.56 bits per heavy atom. The van der Waals surface area contributed by atoms with Gasteiger partial charge in [-0.05, 0) is 50.6 Å². The molecule has 0 radical (unpaired) electrons. The van der Waals surface area contributed by atoms with Crippen molar-refractivity contribution >= 4 is 0 Å². The highest BCUT2D eigenvalue weighted by atomic mass is 16.4. The lowest BCUT2D eigenvalue weighted by Gasteiger charge is -2.03. The molecule has 0 atom stereocenters. The summed E-state index contributed by atoms with van der Waals surface area (Å²) in [6.07, 6.45) is 0. The summed E-state index contributed by atoms with van der Waals surface area (Å²) in [5.41, 5.74) is 5.62. The van der Waals surface area contributed by atoms with E-state index in [9.17, 15) is 0 Å². The van der Waals surface area contributed by atoms with Gasteiger partial charge in [-0.1, -0.05) is 35.0 Å². The highest BCUT2D eigenvalue weighted by Gasteiger charge is 2.18. The Morgan fingerprint density at radius 1 is 0.800 bits per heavy atom. The molecule has 2 aromatic heterocycles. The Bertz CT molecular complexity index is 1030. The van der Waals surface area contributed by atoms with Gasteiger partial charge in [0.2, 0.25) is 5.89 Å². The van der Waals surface area contributed by atoms with Crippen molar-refractivity contribution in [1.29, 1.82) is 0 Å². The van der Waals surface area contributed by atoms with Gasteiger partial charge in [-0.2, -0.15) is 0 Å². The number of aromatic nitrogens is 5. The number of aryl methyl sites for hydroxylation is 2. The zero-order valence-corrected chi connectivity index (χ0v) is 14.3. The molecule has 0 fully saturated rings. The van der Waals surface area contributed by atoms with Crippen LogP contribution in [0.15, 0.2) is 52.9 Å². The van der Waals surface area contributed by atoms with Crippen molar-refractivity contribution in [3.8, 4) is 28.7 Å². The summed E-state index contributed by atoms with van der Waals surface area (Å²) in [5.74, 6) is 0.839. The van der Waals surface area contributed by atoms with Gasteiger partial charge >= 0.3 is 0 Å². The largest absolute Gasteiger partial charge is 0.414 e. The van der Waals surface area contributed by atoms with Crippen LogP contribution in [0.3, 0.4) is 0 Å². The van der Waals surface area contributed by atoms with Gasteiger partial charge in [-0.15, -0.1) is 15.3 Å². The molecule has 6 heteroatoms. The number of hydrogen-bond acceptors (Lipinski definition) is 5. The van der Waals surface area contributed by atoms with Crippen LogP contribution in [0.25, 0.3) is 28.7 Å². The van der Waals surface area contributed by atoms with E-state index in [1.54, 1.807) is 4.68 Å². The third-order valence-corrected chi connectivity index (χ3v) is 4.07. The molecule has 0 bridgehead atoms. The van der Waals surface area contributed by atoms with Gasteiger partial charge in [0.15, 0.2) is 5.69 Å². The maximum atomic E-state index is 5.81. The first-order valence-corrected chi connectivity index (χ1v) is 8.02. The Labute approximate surface area is 145 Å². The minimum absolute atomic E-state index is 0.368. The fourth-order valence-electron chi connectivity index (χ4n) is 2.66. The molecule has 0 saturated carbocycles. The van der Waals surface area contributed by atoms with Crippen LogP contribution in [0.4, 0.5) is 0 Å². The summed E-state index contributed by atoms with van der Waals surface area (Å²) in [6.45, 7) is 6.02. The zero-order valence-electron chi connectivity index (χ0n) is 14.3. The van der Waals surface area contributed by atoms with Crippen molar-refractivity contribution in [2.24, 2.45) is 0 Å². The first-order valence-electron chi connectivity index (χ1n) is 8.02. The lowest BCUT2D eigenvalue weighted by molar-refractivity contribution is 0.581. The number of nitrogens with zero attached hydrogens (tertiary/aromatic N) is 5. The SMILES string of the molecule is Cc1ccc(-c2nnc(-c3nnn(-c4cccc(C)c4)c3C)o2)cc1. The Balaban J connectivity index is 1.71. The predicted octanol–water partition coefficient (Wildman–Crippen LogP) is 3.91. The molecule has 0 aliphatic carbocycles. The molecule has 0 spiro atoms. The average Bonchev–Trinajstić information content (AvgIpc) is 3.22. The summed E-state index contributed by atoms with van der Waals surface area (Å²) in [5, 5.41) is 16.7. The summed E-state index contributed by atoms with van der Waals surface area (Å²) < 4.78 is 7.59. The van der Waals surface area contributed by atoms with E-state index in [-0.39, 0.29) is 0 Å². The molecule has 2 heterocycles. The molecule has 0 N–H and O–H groups in total. The summed E-state index contributed by atoms with van der Waals surface area (Å²) >= 11 is 0. The van der Waals surface area contributed by atoms with Crippen LogP contribution in [0.1, 0.15) is 16.8 Å². The number of hydrogen-bond donors (Lipinski definition) is 0. The quantitative estimate of drug-likeness (QED) is 0.569. The van der Waals surface area contributed by atoms with E-state index >= 15 is 0 Å². The van der Waals surface area contributed by atoms with E-state index in [1.807, 2.05) is 63.2 Å². The molecule has 0 unspecified atom stereocenters. The molecule has 4 aromatic rings. The highest BCUT2D eigenvalue weighted by molar-refractivity contribution is 5.57. The molecule has 124 valence electrons. The normalized spacial score (nSPS) is 11.0. The van der Waals surface area contributed by atoms with Crippen molar-refractivity contribution in [3.05, 3.63) is 65.4 Å². The second-order valence-electron chi connectivity index (χ2n) is 6.05. The van der Waals surface area contributed by atoms with E-state index in [0.717, 1.165) is 22.5 Å². The van der Waals surface area contributed by atoms with Crippen molar-refractivity contribution in [1.82, 2.24) is 25.2 Å². The van der Waals surface area contributed by atoms with Crippen LogP contribution in [-0.2, 0) is 0 Å². The highest BCUT2D eigenvalue weighted by Crippen LogP contribution is 2.25. The molecule has 6 nitrogen and oxygen atoms in total. The van der Waals surface area contributed by atoms with Crippen molar-refractivity contribution in [3.63, 3.8) is 0 Å². The summed E-state index contributed by atoms with van der Waals surface area (Å²) in [7, 11) is 0. The summed E-state index contributed by atoms with van der Waals surface area (Å²) in [6, 6.07) is 16.0. The monoisotopic (exact) mass is 331 g/mol. The molecular weight excluding hydrogens is 314 g/mol. The van der Waals surface area contributed by atoms with Gasteiger partial charge in [0, 0.05) is 5.56 Å². The maximum Gasteiger partial charge on any atom is 0.270 e. The summed E-state index contributed by atoms with van der Waals surface area (Å²) in [4.78, 5) is 0. The van der Waals surface area contributed by atoms with Crippen LogP contribution in [-0.4, -0.2) is 25.2 Å². The smallest absolute Gasteiger partial charge is 0.270 e. The van der Waals surface area contributed by atoms with E-state index in [0.29, 0.717) is 17.5 Å². The lowest BCUT2D eigenvalue weighted by atomic mass is 10.1. The molecule has 2 aromatic carbocycles. The number of benzene rings is 2. The van der Waals surface area contributed by atoms with Crippen LogP contribution in [0.2, 0.25) is 0 Å². The van der Waals surface area contributed by atoms with E-state index in [2.05, 4.69) is 26.6 Å². The molecular formula is C19H17N5O. The standard InChI is InChI=1S/C19H17N5O/c1-12-7-9-15(10-8-12)18-21-22-19(25-18)17-14(3)24(23-20-17)16-6-4-5-13(2)11-16/h4-11H,1-3H3. The molecule has 0 aliphatic heterocycles. The number of rotatable bonds is 3. The van der Waals surface area contributed by atoms with Crippen molar-refractivity contribution in [2.75, 3.05) is 0 Å². The minimum Gasteiger partial charge on any atom is -0.414 e. The minimum atomic E-state index is 0.368. The van der Waals surface area contributed by atoms with Crippen LogP contribution in [0, 0.1) is 20.8 Å². The van der Waals surface area contributed by atoms with Crippen molar-refractivity contribution < 1.29 is 4.42 Å². The Kier molecular flexibility index (Phi) is 3.65. The van der Waals surface area contributed by atoms with Gasteiger partial charge in [-0.25, -0.2) is 4.68 Å². The lowest BCUT2D eigenvalue weighted by Crippen LogP contribution is -1.99. The molecule has 0 saturated heterocycles. The van der Waals surface area contributed by atoms with Gasteiger partial charge in [-0.3, -0.25) is 0 Å². The second kappa shape index (κ2) is 5.98. The third kappa shape index (κ3) is 2.82. The Morgan fingerprint density at radius 3 is 2.32 bits per heavy atom. The predicted molar refractivity (Wildman–Crippen MR) is 94.3 cm³/mol. The van der Waals surface area contributed by atoms with Crippen LogP contribution >= 0.6 is 0 Å². The van der Waals surface area contributed by atoms with E-state index in [4.69, 9.17) is 4.42 Å². The van der Waals surface area contributed by atoms with E-state index < -0.39 is 0 Å². The van der Waals surface area contributed by atoms with Gasteiger partial charge in [0.25, 0.3) is 5.89 Å².